The summed E-state index contributed by atoms with van der Waals surface area (Å²) in [6.45, 7) is 0. The van der Waals surface area contributed by atoms with E-state index in [0.717, 1.165) is 40.7 Å². The molecule has 0 saturated heterocycles. The highest BCUT2D eigenvalue weighted by Crippen LogP contribution is 2.32. The molecule has 1 unspecified atom stereocenters. The van der Waals surface area contributed by atoms with Crippen LogP contribution >= 0.6 is 0 Å². The first-order valence-corrected chi connectivity index (χ1v) is 7.97. The van der Waals surface area contributed by atoms with Gasteiger partial charge in [0.25, 0.3) is 0 Å². The Kier molecular flexibility index (Phi) is 3.56. The van der Waals surface area contributed by atoms with Crippen molar-refractivity contribution < 1.29 is 13.6 Å². The van der Waals surface area contributed by atoms with E-state index in [2.05, 4.69) is 10.3 Å². The van der Waals surface area contributed by atoms with E-state index in [1.165, 1.54) is 6.07 Å². The number of H-pyrrole nitrogens is 1. The van der Waals surface area contributed by atoms with Crippen molar-refractivity contribution in [3.05, 3.63) is 65.4 Å². The predicted molar refractivity (Wildman–Crippen MR) is 88.8 cm³/mol. The van der Waals surface area contributed by atoms with Crippen molar-refractivity contribution in [1.29, 1.82) is 0 Å². The maximum Gasteiger partial charge on any atom is 0.227 e. The maximum atomic E-state index is 13.7. The van der Waals surface area contributed by atoms with E-state index in [9.17, 15) is 13.6 Å². The summed E-state index contributed by atoms with van der Waals surface area (Å²) in [5.41, 5.74) is 2.97. The first-order valence-electron chi connectivity index (χ1n) is 7.97. The van der Waals surface area contributed by atoms with Gasteiger partial charge in [-0.1, -0.05) is 24.3 Å². The van der Waals surface area contributed by atoms with Crippen LogP contribution in [0.1, 0.15) is 17.7 Å². The molecular formula is C19H16F2N2O. The summed E-state index contributed by atoms with van der Waals surface area (Å²) in [7, 11) is 0. The minimum atomic E-state index is -0.757. The third-order valence-corrected chi connectivity index (χ3v) is 4.68. The number of hydrogen-bond acceptors (Lipinski definition) is 1. The Labute approximate surface area is 137 Å². The van der Waals surface area contributed by atoms with Crippen LogP contribution in [0.2, 0.25) is 0 Å². The maximum absolute atomic E-state index is 13.7. The van der Waals surface area contributed by atoms with E-state index in [1.54, 1.807) is 0 Å². The number of hydrogen-bond donors (Lipinski definition) is 2. The molecule has 4 rings (SSSR count). The van der Waals surface area contributed by atoms with Crippen LogP contribution in [0.5, 0.6) is 0 Å². The van der Waals surface area contributed by atoms with Crippen molar-refractivity contribution in [2.24, 2.45) is 5.92 Å². The van der Waals surface area contributed by atoms with E-state index in [0.29, 0.717) is 12.8 Å². The van der Waals surface area contributed by atoms with E-state index < -0.39 is 11.6 Å². The van der Waals surface area contributed by atoms with E-state index in [-0.39, 0.29) is 17.5 Å². The highest BCUT2D eigenvalue weighted by atomic mass is 19.1. The Morgan fingerprint density at radius 1 is 1.08 bits per heavy atom. The lowest BCUT2D eigenvalue weighted by atomic mass is 9.86. The second-order valence-corrected chi connectivity index (χ2v) is 6.15. The molecule has 1 atom stereocenters. The number of anilines is 1. The first kappa shape index (κ1) is 14.9. The average Bonchev–Trinajstić information content (AvgIpc) is 2.96. The molecule has 1 amide bonds. The zero-order valence-corrected chi connectivity index (χ0v) is 12.9. The van der Waals surface area contributed by atoms with Gasteiger partial charge < -0.3 is 10.3 Å². The molecule has 2 N–H and O–H groups in total. The SMILES string of the molecule is O=C(Nc1c(F)cccc1F)C1CCc2[nH]c3ccccc3c2C1. The third kappa shape index (κ3) is 2.46. The fourth-order valence-corrected chi connectivity index (χ4v) is 3.44. The van der Waals surface area contributed by atoms with Crippen LogP contribution < -0.4 is 5.32 Å². The van der Waals surface area contributed by atoms with Crippen LogP contribution in [-0.4, -0.2) is 10.9 Å². The Balaban J connectivity index is 1.59. The van der Waals surface area contributed by atoms with Crippen molar-refractivity contribution in [3.8, 4) is 0 Å². The van der Waals surface area contributed by atoms with Crippen LogP contribution in [-0.2, 0) is 17.6 Å². The standard InChI is InChI=1S/C19H16F2N2O/c20-14-5-3-6-15(21)18(14)23-19(24)11-8-9-17-13(10-11)12-4-1-2-7-16(12)22-17/h1-7,11,22H,8-10H2,(H,23,24). The highest BCUT2D eigenvalue weighted by molar-refractivity contribution is 5.94. The number of aryl methyl sites for hydroxylation is 1. The molecule has 24 heavy (non-hydrogen) atoms. The summed E-state index contributed by atoms with van der Waals surface area (Å²) in [5, 5.41) is 3.53. The molecule has 3 nitrogen and oxygen atoms in total. The Morgan fingerprint density at radius 3 is 2.62 bits per heavy atom. The number of para-hydroxylation sites is 2. The number of aromatic nitrogens is 1. The second-order valence-electron chi connectivity index (χ2n) is 6.15. The number of carbonyl (C=O) groups is 1. The van der Waals surface area contributed by atoms with Gasteiger partial charge in [0.15, 0.2) is 0 Å². The normalized spacial score (nSPS) is 16.8. The molecule has 5 heteroatoms. The third-order valence-electron chi connectivity index (χ3n) is 4.68. The molecule has 1 aliphatic carbocycles. The van der Waals surface area contributed by atoms with Crippen LogP contribution in [0.4, 0.5) is 14.5 Å². The Bertz CT molecular complexity index is 912. The summed E-state index contributed by atoms with van der Waals surface area (Å²) in [6.07, 6.45) is 1.98. The van der Waals surface area contributed by atoms with Crippen molar-refractivity contribution >= 4 is 22.5 Å². The molecule has 0 fully saturated rings. The van der Waals surface area contributed by atoms with Gasteiger partial charge in [0, 0.05) is 22.5 Å². The van der Waals surface area contributed by atoms with Crippen LogP contribution in [0.3, 0.4) is 0 Å². The lowest BCUT2D eigenvalue weighted by molar-refractivity contribution is -0.120. The monoisotopic (exact) mass is 326 g/mol. The van der Waals surface area contributed by atoms with E-state index >= 15 is 0 Å². The van der Waals surface area contributed by atoms with Crippen molar-refractivity contribution in [2.75, 3.05) is 5.32 Å². The van der Waals surface area contributed by atoms with Crippen LogP contribution in [0, 0.1) is 17.6 Å². The Hall–Kier alpha value is -2.69. The quantitative estimate of drug-likeness (QED) is 0.729. The minimum Gasteiger partial charge on any atom is -0.358 e. The van der Waals surface area contributed by atoms with Gasteiger partial charge in [-0.25, -0.2) is 8.78 Å². The number of nitrogens with one attached hydrogen (secondary N) is 2. The van der Waals surface area contributed by atoms with Crippen molar-refractivity contribution in [1.82, 2.24) is 4.98 Å². The van der Waals surface area contributed by atoms with Crippen molar-refractivity contribution in [2.45, 2.75) is 19.3 Å². The molecule has 0 saturated carbocycles. The molecule has 3 aromatic rings. The molecule has 0 aliphatic heterocycles. The summed E-state index contributed by atoms with van der Waals surface area (Å²) < 4.78 is 27.4. The molecule has 0 radical (unpaired) electrons. The van der Waals surface area contributed by atoms with Crippen LogP contribution in [0.25, 0.3) is 10.9 Å². The van der Waals surface area contributed by atoms with Gasteiger partial charge in [-0.05, 0) is 43.0 Å². The molecule has 1 aliphatic rings. The van der Waals surface area contributed by atoms with Crippen LogP contribution in [0.15, 0.2) is 42.5 Å². The summed E-state index contributed by atoms with van der Waals surface area (Å²) in [5.74, 6) is -2.15. The first-order chi connectivity index (χ1) is 11.6. The number of fused-ring (bicyclic) bond motifs is 3. The number of carbonyl (C=O) groups excluding carboxylic acids is 1. The molecule has 0 spiro atoms. The van der Waals surface area contributed by atoms with Gasteiger partial charge in [0.05, 0.1) is 0 Å². The molecule has 0 bridgehead atoms. The van der Waals surface area contributed by atoms with Gasteiger partial charge in [-0.15, -0.1) is 0 Å². The lowest BCUT2D eigenvalue weighted by Gasteiger charge is -2.22. The number of halogens is 2. The van der Waals surface area contributed by atoms with Gasteiger partial charge >= 0.3 is 0 Å². The zero-order chi connectivity index (χ0) is 16.7. The molecule has 1 aromatic heterocycles. The van der Waals surface area contributed by atoms with Gasteiger partial charge in [0.1, 0.15) is 17.3 Å². The minimum absolute atomic E-state index is 0.296. The molecular weight excluding hydrogens is 310 g/mol. The predicted octanol–water partition coefficient (Wildman–Crippen LogP) is 4.19. The van der Waals surface area contributed by atoms with Crippen molar-refractivity contribution in [3.63, 3.8) is 0 Å². The van der Waals surface area contributed by atoms with Gasteiger partial charge in [0.2, 0.25) is 5.91 Å². The number of benzene rings is 2. The largest absolute Gasteiger partial charge is 0.358 e. The fraction of sp³-hybridized carbons (Fsp3) is 0.211. The number of rotatable bonds is 2. The molecule has 1 heterocycles. The fourth-order valence-electron chi connectivity index (χ4n) is 3.44. The molecule has 2 aromatic carbocycles. The Morgan fingerprint density at radius 2 is 1.83 bits per heavy atom. The topological polar surface area (TPSA) is 44.9 Å². The van der Waals surface area contributed by atoms with Gasteiger partial charge in [-0.3, -0.25) is 4.79 Å². The van der Waals surface area contributed by atoms with E-state index in [1.807, 2.05) is 24.3 Å². The number of amides is 1. The average molecular weight is 326 g/mol. The smallest absolute Gasteiger partial charge is 0.227 e. The zero-order valence-electron chi connectivity index (χ0n) is 12.9. The van der Waals surface area contributed by atoms with E-state index in [4.69, 9.17) is 0 Å². The summed E-state index contributed by atoms with van der Waals surface area (Å²) in [4.78, 5) is 15.9. The summed E-state index contributed by atoms with van der Waals surface area (Å²) >= 11 is 0. The second kappa shape index (κ2) is 5.74. The molecule has 122 valence electrons. The summed E-state index contributed by atoms with van der Waals surface area (Å²) in [6, 6.07) is 11.5. The van der Waals surface area contributed by atoms with Gasteiger partial charge in [-0.2, -0.15) is 0 Å². The number of aromatic amines is 1. The lowest BCUT2D eigenvalue weighted by Crippen LogP contribution is -2.28. The highest BCUT2D eigenvalue weighted by Gasteiger charge is 2.28.